The summed E-state index contributed by atoms with van der Waals surface area (Å²) in [4.78, 5) is 22.9. The molecule has 104 valence electrons. The molecule has 2 N–H and O–H groups in total. The van der Waals surface area contributed by atoms with E-state index in [0.717, 1.165) is 12.8 Å². The lowest BCUT2D eigenvalue weighted by Gasteiger charge is -2.22. The third kappa shape index (κ3) is 5.89. The van der Waals surface area contributed by atoms with E-state index in [1.54, 1.807) is 0 Å². The maximum atomic E-state index is 11.5. The van der Waals surface area contributed by atoms with Gasteiger partial charge in [-0.3, -0.25) is 4.79 Å². The summed E-state index contributed by atoms with van der Waals surface area (Å²) >= 11 is 0. The Morgan fingerprint density at radius 3 is 2.39 bits per heavy atom. The third-order valence-electron chi connectivity index (χ3n) is 2.72. The molecule has 0 radical (unpaired) electrons. The van der Waals surface area contributed by atoms with Gasteiger partial charge in [-0.15, -0.1) is 0 Å². The summed E-state index contributed by atoms with van der Waals surface area (Å²) in [6.07, 6.45) is 2.27. The monoisotopic (exact) mass is 256 g/mol. The molecule has 5 heteroatoms. The molecule has 1 fully saturated rings. The summed E-state index contributed by atoms with van der Waals surface area (Å²) in [7, 11) is 0. The van der Waals surface area contributed by atoms with E-state index in [2.05, 4.69) is 10.6 Å². The fraction of sp³-hybridized carbons (Fsp3) is 0.846. The molecule has 0 aromatic rings. The van der Waals surface area contributed by atoms with Crippen LogP contribution in [0.1, 0.15) is 47.0 Å². The van der Waals surface area contributed by atoms with Gasteiger partial charge in [0.25, 0.3) is 0 Å². The molecule has 2 amide bonds. The lowest BCUT2D eigenvalue weighted by Crippen LogP contribution is -2.45. The first-order chi connectivity index (χ1) is 8.31. The number of hydrogen-bond donors (Lipinski definition) is 2. The first kappa shape index (κ1) is 14.8. The SMILES string of the molecule is CCC(=O)N[C@@H](CNC(=O)OC(C)(C)C)C1CC1. The van der Waals surface area contributed by atoms with E-state index in [4.69, 9.17) is 4.74 Å². The normalized spacial score (nSPS) is 16.9. The highest BCUT2D eigenvalue weighted by Crippen LogP contribution is 2.32. The Morgan fingerprint density at radius 1 is 1.33 bits per heavy atom. The van der Waals surface area contributed by atoms with Crippen LogP contribution in [0.15, 0.2) is 0 Å². The summed E-state index contributed by atoms with van der Waals surface area (Å²) < 4.78 is 5.16. The highest BCUT2D eigenvalue weighted by atomic mass is 16.6. The Bertz CT molecular complexity index is 306. The standard InChI is InChI=1S/C13H24N2O3/c1-5-11(16)15-10(9-6-7-9)8-14-12(17)18-13(2,3)4/h9-10H,5-8H2,1-4H3,(H,14,17)(H,15,16)/t10-/m0/s1. The number of alkyl carbamates (subject to hydrolysis) is 1. The second kappa shape index (κ2) is 6.07. The molecule has 1 atom stereocenters. The van der Waals surface area contributed by atoms with Crippen molar-refractivity contribution >= 4 is 12.0 Å². The van der Waals surface area contributed by atoms with Crippen LogP contribution >= 0.6 is 0 Å². The van der Waals surface area contributed by atoms with Crippen molar-refractivity contribution in [1.29, 1.82) is 0 Å². The highest BCUT2D eigenvalue weighted by molar-refractivity contribution is 5.76. The maximum absolute atomic E-state index is 11.5. The predicted octanol–water partition coefficient (Wildman–Crippen LogP) is 1.82. The molecule has 1 aliphatic rings. The molecular formula is C13H24N2O3. The third-order valence-corrected chi connectivity index (χ3v) is 2.72. The summed E-state index contributed by atoms with van der Waals surface area (Å²) in [5.41, 5.74) is -0.494. The number of ether oxygens (including phenoxy) is 1. The van der Waals surface area contributed by atoms with Crippen molar-refractivity contribution < 1.29 is 14.3 Å². The van der Waals surface area contributed by atoms with Gasteiger partial charge in [-0.2, -0.15) is 0 Å². The van der Waals surface area contributed by atoms with Crippen LogP contribution in [0.25, 0.3) is 0 Å². The highest BCUT2D eigenvalue weighted by Gasteiger charge is 2.32. The van der Waals surface area contributed by atoms with Gasteiger partial charge >= 0.3 is 6.09 Å². The van der Waals surface area contributed by atoms with E-state index in [-0.39, 0.29) is 11.9 Å². The average Bonchev–Trinajstić information content (AvgIpc) is 3.04. The molecule has 0 spiro atoms. The predicted molar refractivity (Wildman–Crippen MR) is 69.2 cm³/mol. The van der Waals surface area contributed by atoms with Gasteiger partial charge in [0.15, 0.2) is 0 Å². The number of hydrogen-bond acceptors (Lipinski definition) is 3. The van der Waals surface area contributed by atoms with E-state index >= 15 is 0 Å². The van der Waals surface area contributed by atoms with Gasteiger partial charge in [0.2, 0.25) is 5.91 Å². The van der Waals surface area contributed by atoms with E-state index in [9.17, 15) is 9.59 Å². The van der Waals surface area contributed by atoms with Gasteiger partial charge in [-0.05, 0) is 39.5 Å². The number of rotatable bonds is 5. The molecule has 0 saturated heterocycles. The van der Waals surface area contributed by atoms with Crippen LogP contribution in [0.5, 0.6) is 0 Å². The van der Waals surface area contributed by atoms with Gasteiger partial charge in [-0.25, -0.2) is 4.79 Å². The van der Waals surface area contributed by atoms with Crippen LogP contribution in [-0.2, 0) is 9.53 Å². The number of carbonyl (C=O) groups is 2. The van der Waals surface area contributed by atoms with Crippen molar-refractivity contribution in [3.63, 3.8) is 0 Å². The van der Waals surface area contributed by atoms with Gasteiger partial charge in [0.1, 0.15) is 5.60 Å². The van der Waals surface area contributed by atoms with Crippen LogP contribution in [0.2, 0.25) is 0 Å². The number of amides is 2. The van der Waals surface area contributed by atoms with Crippen molar-refractivity contribution in [2.45, 2.75) is 58.6 Å². The quantitative estimate of drug-likeness (QED) is 0.788. The van der Waals surface area contributed by atoms with Crippen molar-refractivity contribution in [3.8, 4) is 0 Å². The molecule has 1 rings (SSSR count). The summed E-state index contributed by atoms with van der Waals surface area (Å²) in [6.45, 7) is 7.73. The summed E-state index contributed by atoms with van der Waals surface area (Å²) in [5, 5.41) is 5.65. The Labute approximate surface area is 109 Å². The van der Waals surface area contributed by atoms with Crippen LogP contribution in [0.4, 0.5) is 4.79 Å². The lowest BCUT2D eigenvalue weighted by atomic mass is 10.2. The van der Waals surface area contributed by atoms with Gasteiger partial charge in [-0.1, -0.05) is 6.92 Å². The Kier molecular flexibility index (Phi) is 4.99. The van der Waals surface area contributed by atoms with Crippen LogP contribution in [0, 0.1) is 5.92 Å². The van der Waals surface area contributed by atoms with E-state index < -0.39 is 11.7 Å². The fourth-order valence-corrected chi connectivity index (χ4v) is 1.65. The first-order valence-electron chi connectivity index (χ1n) is 6.58. The minimum atomic E-state index is -0.494. The maximum Gasteiger partial charge on any atom is 0.407 e. The molecule has 1 aliphatic carbocycles. The smallest absolute Gasteiger partial charge is 0.407 e. The zero-order valence-corrected chi connectivity index (χ0v) is 11.7. The summed E-state index contributed by atoms with van der Waals surface area (Å²) in [5.74, 6) is 0.522. The molecule has 1 saturated carbocycles. The topological polar surface area (TPSA) is 67.4 Å². The van der Waals surface area contributed by atoms with Crippen molar-refractivity contribution in [2.24, 2.45) is 5.92 Å². The molecule has 0 aromatic carbocycles. The Balaban J connectivity index is 2.33. The molecule has 0 aliphatic heterocycles. The zero-order chi connectivity index (χ0) is 13.8. The molecule has 0 unspecified atom stereocenters. The van der Waals surface area contributed by atoms with E-state index in [1.807, 2.05) is 27.7 Å². The second-order valence-electron chi connectivity index (χ2n) is 5.75. The Hall–Kier alpha value is -1.26. The van der Waals surface area contributed by atoms with Gasteiger partial charge in [0.05, 0.1) is 0 Å². The minimum absolute atomic E-state index is 0.0258. The molecular weight excluding hydrogens is 232 g/mol. The number of carbonyl (C=O) groups excluding carboxylic acids is 2. The molecule has 0 aromatic heterocycles. The summed E-state index contributed by atoms with van der Waals surface area (Å²) in [6, 6.07) is 0.0324. The van der Waals surface area contributed by atoms with E-state index in [0.29, 0.717) is 18.9 Å². The lowest BCUT2D eigenvalue weighted by molar-refractivity contribution is -0.121. The Morgan fingerprint density at radius 2 is 1.94 bits per heavy atom. The molecule has 0 bridgehead atoms. The van der Waals surface area contributed by atoms with Crippen LogP contribution in [-0.4, -0.2) is 30.2 Å². The van der Waals surface area contributed by atoms with Gasteiger partial charge < -0.3 is 15.4 Å². The molecule has 5 nitrogen and oxygen atoms in total. The molecule has 18 heavy (non-hydrogen) atoms. The van der Waals surface area contributed by atoms with Crippen molar-refractivity contribution in [1.82, 2.24) is 10.6 Å². The average molecular weight is 256 g/mol. The second-order valence-corrected chi connectivity index (χ2v) is 5.75. The minimum Gasteiger partial charge on any atom is -0.444 e. The first-order valence-corrected chi connectivity index (χ1v) is 6.58. The van der Waals surface area contributed by atoms with Crippen molar-refractivity contribution in [2.75, 3.05) is 6.54 Å². The van der Waals surface area contributed by atoms with Crippen LogP contribution < -0.4 is 10.6 Å². The molecule has 0 heterocycles. The fourth-order valence-electron chi connectivity index (χ4n) is 1.65. The number of nitrogens with one attached hydrogen (secondary N) is 2. The zero-order valence-electron chi connectivity index (χ0n) is 11.7. The van der Waals surface area contributed by atoms with E-state index in [1.165, 1.54) is 0 Å². The van der Waals surface area contributed by atoms with Crippen LogP contribution in [0.3, 0.4) is 0 Å². The van der Waals surface area contributed by atoms with Gasteiger partial charge in [0, 0.05) is 19.0 Å². The largest absolute Gasteiger partial charge is 0.444 e. The van der Waals surface area contributed by atoms with Crippen molar-refractivity contribution in [3.05, 3.63) is 0 Å².